The number of anilines is 1. The molecule has 5 rings (SSSR count). The fraction of sp³-hybridized carbons (Fsp3) is 0.0667. The van der Waals surface area contributed by atoms with Crippen molar-refractivity contribution in [3.05, 3.63) is 140 Å². The van der Waals surface area contributed by atoms with Crippen molar-refractivity contribution in [3.63, 3.8) is 0 Å². The van der Waals surface area contributed by atoms with E-state index in [0.29, 0.717) is 11.1 Å². The van der Waals surface area contributed by atoms with Crippen molar-refractivity contribution < 1.29 is 24.1 Å². The lowest BCUT2D eigenvalue weighted by molar-refractivity contribution is -0.384. The van der Waals surface area contributed by atoms with E-state index in [2.05, 4.69) is 5.32 Å². The number of carbonyl (C=O) groups excluding carboxylic acids is 4. The van der Waals surface area contributed by atoms with Crippen LogP contribution in [0.4, 0.5) is 11.4 Å². The Morgan fingerprint density at radius 3 is 2.05 bits per heavy atom. The maximum atomic E-state index is 13.7. The molecule has 10 heteroatoms. The number of nitrogens with zero attached hydrogens (tertiary/aromatic N) is 2. The summed E-state index contributed by atoms with van der Waals surface area (Å²) < 4.78 is 0. The number of hydrogen-bond donors (Lipinski definition) is 1. The highest BCUT2D eigenvalue weighted by molar-refractivity contribution is 6.35. The molecule has 0 aliphatic carbocycles. The van der Waals surface area contributed by atoms with Gasteiger partial charge in [0, 0.05) is 35.4 Å². The first-order chi connectivity index (χ1) is 19.2. The number of halogens is 1. The molecule has 0 fully saturated rings. The number of nitro groups is 1. The van der Waals surface area contributed by atoms with Gasteiger partial charge in [-0.3, -0.25) is 34.2 Å². The molecule has 1 atom stereocenters. The second-order valence-electron chi connectivity index (χ2n) is 9.05. The molecular weight excluding hydrogens is 534 g/mol. The summed E-state index contributed by atoms with van der Waals surface area (Å²) >= 11 is 6.30. The van der Waals surface area contributed by atoms with Gasteiger partial charge in [-0.2, -0.15) is 0 Å². The second kappa shape index (κ2) is 10.9. The highest BCUT2D eigenvalue weighted by Gasteiger charge is 2.42. The molecule has 0 aromatic heterocycles. The zero-order valence-electron chi connectivity index (χ0n) is 20.7. The SMILES string of the molecule is O=C(c1ccccc1)c1cc(NC(=O)[C@@H](Cc2ccc([N+](=O)[O-])cc2)N2C(=O)c3ccccc3C2=O)ccc1Cl. The van der Waals surface area contributed by atoms with E-state index in [4.69, 9.17) is 11.6 Å². The quantitative estimate of drug-likeness (QED) is 0.136. The average Bonchev–Trinajstić information content (AvgIpc) is 3.22. The van der Waals surface area contributed by atoms with Crippen molar-refractivity contribution in [2.24, 2.45) is 0 Å². The fourth-order valence-electron chi connectivity index (χ4n) is 4.52. The second-order valence-corrected chi connectivity index (χ2v) is 9.46. The van der Waals surface area contributed by atoms with Gasteiger partial charge in [0.15, 0.2) is 5.78 Å². The molecule has 1 heterocycles. The van der Waals surface area contributed by atoms with Crippen molar-refractivity contribution >= 4 is 46.5 Å². The number of benzene rings is 4. The molecule has 0 bridgehead atoms. The molecule has 0 radical (unpaired) electrons. The van der Waals surface area contributed by atoms with Crippen LogP contribution < -0.4 is 5.32 Å². The smallest absolute Gasteiger partial charge is 0.269 e. The van der Waals surface area contributed by atoms with Crippen molar-refractivity contribution in [1.29, 1.82) is 0 Å². The Kier molecular flexibility index (Phi) is 7.22. The molecule has 4 aromatic rings. The highest BCUT2D eigenvalue weighted by Crippen LogP contribution is 2.28. The van der Waals surface area contributed by atoms with Crippen molar-refractivity contribution in [1.82, 2.24) is 4.90 Å². The predicted octanol–water partition coefficient (Wildman–Crippen LogP) is 5.33. The van der Waals surface area contributed by atoms with Gasteiger partial charge in [0.2, 0.25) is 5.91 Å². The van der Waals surface area contributed by atoms with Gasteiger partial charge in [-0.1, -0.05) is 66.2 Å². The van der Waals surface area contributed by atoms with E-state index in [9.17, 15) is 29.3 Å². The van der Waals surface area contributed by atoms with E-state index < -0.39 is 28.7 Å². The van der Waals surface area contributed by atoms with Crippen LogP contribution in [0.15, 0.2) is 97.1 Å². The lowest BCUT2D eigenvalue weighted by Crippen LogP contribution is -2.48. The Labute approximate surface area is 233 Å². The number of nitro benzene ring substituents is 1. The molecular formula is C30H20ClN3O6. The Bertz CT molecular complexity index is 1640. The molecule has 0 saturated heterocycles. The number of carbonyl (C=O) groups is 4. The largest absolute Gasteiger partial charge is 0.324 e. The van der Waals surface area contributed by atoms with E-state index in [1.807, 2.05) is 0 Å². The normalized spacial score (nSPS) is 13.1. The zero-order valence-corrected chi connectivity index (χ0v) is 21.5. The standard InChI is InChI=1S/C30H20ClN3O6/c31-25-15-12-20(17-24(25)27(35)19-6-2-1-3-7-19)32-28(36)26(16-18-10-13-21(14-11-18)34(39)40)33-29(37)22-8-4-5-9-23(22)30(33)38/h1-15,17,26H,16H2,(H,32,36)/t26-/m1/s1. The molecule has 9 nitrogen and oxygen atoms in total. The molecule has 1 aliphatic rings. The van der Waals surface area contributed by atoms with Gasteiger partial charge in [0.1, 0.15) is 6.04 Å². The first-order valence-corrected chi connectivity index (χ1v) is 12.5. The summed E-state index contributed by atoms with van der Waals surface area (Å²) in [5.41, 5.74) is 1.53. The minimum Gasteiger partial charge on any atom is -0.324 e. The van der Waals surface area contributed by atoms with Gasteiger partial charge in [0.25, 0.3) is 17.5 Å². The van der Waals surface area contributed by atoms with E-state index in [0.717, 1.165) is 4.90 Å². The summed E-state index contributed by atoms with van der Waals surface area (Å²) in [6.45, 7) is 0. The summed E-state index contributed by atoms with van der Waals surface area (Å²) in [5, 5.41) is 14.0. The minimum absolute atomic E-state index is 0.0985. The van der Waals surface area contributed by atoms with Gasteiger partial charge >= 0.3 is 0 Å². The fourth-order valence-corrected chi connectivity index (χ4v) is 4.72. The van der Waals surface area contributed by atoms with Gasteiger partial charge in [-0.25, -0.2) is 0 Å². The van der Waals surface area contributed by atoms with Crippen LogP contribution >= 0.6 is 11.6 Å². The van der Waals surface area contributed by atoms with E-state index >= 15 is 0 Å². The number of non-ortho nitro benzene ring substituents is 1. The van der Waals surface area contributed by atoms with Crippen LogP contribution in [0.1, 0.15) is 42.2 Å². The van der Waals surface area contributed by atoms with Crippen LogP contribution in [-0.2, 0) is 11.2 Å². The minimum atomic E-state index is -1.29. The Hall–Kier alpha value is -5.15. The van der Waals surface area contributed by atoms with E-state index in [-0.39, 0.29) is 45.3 Å². The Balaban J connectivity index is 1.47. The maximum Gasteiger partial charge on any atom is 0.269 e. The van der Waals surface area contributed by atoms with Gasteiger partial charge in [-0.05, 0) is 35.9 Å². The van der Waals surface area contributed by atoms with Crippen LogP contribution in [0.25, 0.3) is 0 Å². The number of amides is 3. The number of ketones is 1. The summed E-state index contributed by atoms with van der Waals surface area (Å²) in [6, 6.07) is 23.4. The lowest BCUT2D eigenvalue weighted by atomic mass is 10.0. The third-order valence-electron chi connectivity index (χ3n) is 6.53. The summed E-state index contributed by atoms with van der Waals surface area (Å²) in [7, 11) is 0. The third-order valence-corrected chi connectivity index (χ3v) is 6.86. The molecule has 3 amide bonds. The lowest BCUT2D eigenvalue weighted by Gasteiger charge is -2.25. The number of hydrogen-bond acceptors (Lipinski definition) is 6. The third kappa shape index (κ3) is 5.10. The maximum absolute atomic E-state index is 13.7. The number of fused-ring (bicyclic) bond motifs is 1. The van der Waals surface area contributed by atoms with Gasteiger partial charge in [-0.15, -0.1) is 0 Å². The number of nitrogens with one attached hydrogen (secondary N) is 1. The van der Waals surface area contributed by atoms with Gasteiger partial charge < -0.3 is 5.32 Å². The van der Waals surface area contributed by atoms with Crippen molar-refractivity contribution in [2.45, 2.75) is 12.5 Å². The van der Waals surface area contributed by atoms with E-state index in [1.54, 1.807) is 42.5 Å². The topological polar surface area (TPSA) is 127 Å². The molecule has 0 spiro atoms. The van der Waals surface area contributed by atoms with Crippen LogP contribution in [0.5, 0.6) is 0 Å². The molecule has 0 saturated carbocycles. The van der Waals surface area contributed by atoms with Crippen LogP contribution in [0.3, 0.4) is 0 Å². The molecule has 4 aromatic carbocycles. The van der Waals surface area contributed by atoms with Crippen molar-refractivity contribution in [3.8, 4) is 0 Å². The van der Waals surface area contributed by atoms with E-state index in [1.165, 1.54) is 54.6 Å². The Morgan fingerprint density at radius 1 is 0.850 bits per heavy atom. The summed E-state index contributed by atoms with van der Waals surface area (Å²) in [4.78, 5) is 64.6. The van der Waals surface area contributed by atoms with Gasteiger partial charge in [0.05, 0.1) is 21.1 Å². The molecule has 0 unspecified atom stereocenters. The monoisotopic (exact) mass is 553 g/mol. The average molecular weight is 554 g/mol. The van der Waals surface area contributed by atoms with Crippen LogP contribution in [0.2, 0.25) is 5.02 Å². The van der Waals surface area contributed by atoms with Crippen molar-refractivity contribution in [2.75, 3.05) is 5.32 Å². The number of imide groups is 1. The first-order valence-electron chi connectivity index (χ1n) is 12.1. The Morgan fingerprint density at radius 2 is 1.45 bits per heavy atom. The molecule has 1 N–H and O–H groups in total. The van der Waals surface area contributed by atoms with Crippen LogP contribution in [0, 0.1) is 10.1 Å². The highest BCUT2D eigenvalue weighted by atomic mass is 35.5. The molecule has 1 aliphatic heterocycles. The predicted molar refractivity (Wildman–Crippen MR) is 147 cm³/mol. The molecule has 198 valence electrons. The summed E-state index contributed by atoms with van der Waals surface area (Å²) in [5.74, 6) is -2.28. The van der Waals surface area contributed by atoms with Crippen LogP contribution in [-0.4, -0.2) is 39.4 Å². The molecule has 40 heavy (non-hydrogen) atoms. The summed E-state index contributed by atoms with van der Waals surface area (Å²) in [6.07, 6.45) is -0.0985. The number of rotatable bonds is 8. The zero-order chi connectivity index (χ0) is 28.4. The first kappa shape index (κ1) is 26.5.